The van der Waals surface area contributed by atoms with Gasteiger partial charge in [-0.1, -0.05) is 60.7 Å². The van der Waals surface area contributed by atoms with Gasteiger partial charge >= 0.3 is 0 Å². The van der Waals surface area contributed by atoms with Crippen molar-refractivity contribution in [2.45, 2.75) is 18.9 Å². The number of carbonyl (C=O) groups is 1. The third-order valence-electron chi connectivity index (χ3n) is 6.66. The Kier molecular flexibility index (Phi) is 7.73. The van der Waals surface area contributed by atoms with E-state index < -0.39 is 0 Å². The van der Waals surface area contributed by atoms with Gasteiger partial charge < -0.3 is 14.5 Å². The fourth-order valence-corrected chi connectivity index (χ4v) is 4.68. The van der Waals surface area contributed by atoms with Crippen LogP contribution in [0.4, 0.5) is 0 Å². The van der Waals surface area contributed by atoms with Gasteiger partial charge in [0.25, 0.3) is 0 Å². The van der Waals surface area contributed by atoms with Gasteiger partial charge in [-0.05, 0) is 50.0 Å². The first-order valence-electron chi connectivity index (χ1n) is 11.6. The Balaban J connectivity index is 1.27. The number of piperidine rings is 1. The van der Waals surface area contributed by atoms with E-state index in [1.807, 2.05) is 41.3 Å². The first-order valence-corrected chi connectivity index (χ1v) is 11.6. The molecule has 0 N–H and O–H groups in total. The van der Waals surface area contributed by atoms with Gasteiger partial charge in [-0.2, -0.15) is 0 Å². The minimum Gasteiger partial charge on any atom is -0.359 e. The Morgan fingerprint density at radius 2 is 1.42 bits per heavy atom. The van der Waals surface area contributed by atoms with Crippen molar-refractivity contribution in [1.82, 2.24) is 14.7 Å². The average molecular weight is 422 g/mol. The van der Waals surface area contributed by atoms with Crippen LogP contribution in [0.15, 0.2) is 60.7 Å². The fourth-order valence-electron chi connectivity index (χ4n) is 4.68. The summed E-state index contributed by atoms with van der Waals surface area (Å²) in [6.45, 7) is 7.26. The van der Waals surface area contributed by atoms with Crippen LogP contribution >= 0.6 is 0 Å². The van der Waals surface area contributed by atoms with E-state index in [9.17, 15) is 4.79 Å². The summed E-state index contributed by atoms with van der Waals surface area (Å²) >= 11 is 0. The van der Waals surface area contributed by atoms with E-state index in [0.29, 0.717) is 0 Å². The van der Waals surface area contributed by atoms with Gasteiger partial charge in [-0.3, -0.25) is 9.69 Å². The molecule has 1 amide bonds. The fraction of sp³-hybridized carbons (Fsp3) is 0.500. The number of nitrogens with zero attached hydrogens (tertiary/aromatic N) is 3. The van der Waals surface area contributed by atoms with E-state index in [2.05, 4.69) is 41.1 Å². The highest BCUT2D eigenvalue weighted by molar-refractivity contribution is 5.77. The standard InChI is InChI=1S/C26H35N3O2/c1-27-14-12-22(13-15-27)20-28-16-18-29(19-17-28)25(30)21-31-26(23-8-4-2-5-9-23)24-10-6-3-7-11-24/h2-11,22,26H,12-21H2,1H3. The first-order chi connectivity index (χ1) is 15.2. The number of rotatable bonds is 7. The summed E-state index contributed by atoms with van der Waals surface area (Å²) in [7, 11) is 2.21. The minimum absolute atomic E-state index is 0.0933. The van der Waals surface area contributed by atoms with Crippen LogP contribution in [0.25, 0.3) is 0 Å². The molecule has 5 heteroatoms. The second-order valence-corrected chi connectivity index (χ2v) is 8.94. The summed E-state index contributed by atoms with van der Waals surface area (Å²) in [5.74, 6) is 0.898. The molecule has 0 atom stereocenters. The van der Waals surface area contributed by atoms with Crippen molar-refractivity contribution >= 4 is 5.91 Å². The number of likely N-dealkylation sites (tertiary alicyclic amines) is 1. The van der Waals surface area contributed by atoms with Gasteiger partial charge in [-0.25, -0.2) is 0 Å². The molecule has 2 saturated heterocycles. The molecule has 0 aliphatic carbocycles. The zero-order valence-electron chi connectivity index (χ0n) is 18.7. The van der Waals surface area contributed by atoms with Gasteiger partial charge in [0.15, 0.2) is 0 Å². The maximum atomic E-state index is 12.9. The lowest BCUT2D eigenvalue weighted by Gasteiger charge is -2.38. The molecule has 0 radical (unpaired) electrons. The Labute approximate surface area is 186 Å². The Bertz CT molecular complexity index is 758. The highest BCUT2D eigenvalue weighted by Crippen LogP contribution is 2.26. The van der Waals surface area contributed by atoms with Crippen LogP contribution < -0.4 is 0 Å². The molecule has 31 heavy (non-hydrogen) atoms. The molecule has 2 aliphatic heterocycles. The van der Waals surface area contributed by atoms with Crippen LogP contribution in [0, 0.1) is 5.92 Å². The largest absolute Gasteiger partial charge is 0.359 e. The monoisotopic (exact) mass is 421 g/mol. The molecule has 166 valence electrons. The van der Waals surface area contributed by atoms with Gasteiger partial charge in [0, 0.05) is 32.7 Å². The third kappa shape index (κ3) is 6.16. The van der Waals surface area contributed by atoms with Crippen molar-refractivity contribution < 1.29 is 9.53 Å². The SMILES string of the molecule is CN1CCC(CN2CCN(C(=O)COC(c3ccccc3)c3ccccc3)CC2)CC1. The van der Waals surface area contributed by atoms with Crippen molar-refractivity contribution in [1.29, 1.82) is 0 Å². The molecule has 2 aromatic carbocycles. The maximum Gasteiger partial charge on any atom is 0.248 e. The molecule has 2 aromatic rings. The van der Waals surface area contributed by atoms with E-state index >= 15 is 0 Å². The number of hydrogen-bond donors (Lipinski definition) is 0. The van der Waals surface area contributed by atoms with Gasteiger partial charge in [0.05, 0.1) is 0 Å². The summed E-state index contributed by atoms with van der Waals surface area (Å²) in [4.78, 5) is 19.8. The van der Waals surface area contributed by atoms with E-state index in [0.717, 1.165) is 43.2 Å². The summed E-state index contributed by atoms with van der Waals surface area (Å²) in [6.07, 6.45) is 2.37. The van der Waals surface area contributed by atoms with Crippen molar-refractivity contribution in [3.05, 3.63) is 71.8 Å². The van der Waals surface area contributed by atoms with E-state index in [1.54, 1.807) is 0 Å². The van der Waals surface area contributed by atoms with Crippen LogP contribution in [-0.4, -0.2) is 80.1 Å². The van der Waals surface area contributed by atoms with Crippen molar-refractivity contribution in [2.75, 3.05) is 59.5 Å². The van der Waals surface area contributed by atoms with Crippen molar-refractivity contribution in [2.24, 2.45) is 5.92 Å². The topological polar surface area (TPSA) is 36.0 Å². The van der Waals surface area contributed by atoms with Gasteiger partial charge in [-0.15, -0.1) is 0 Å². The first kappa shape index (κ1) is 22.0. The number of carbonyl (C=O) groups excluding carboxylic acids is 1. The predicted octanol–water partition coefficient (Wildman–Crippen LogP) is 3.28. The predicted molar refractivity (Wildman–Crippen MR) is 124 cm³/mol. The third-order valence-corrected chi connectivity index (χ3v) is 6.66. The lowest BCUT2D eigenvalue weighted by Crippen LogP contribution is -2.51. The van der Waals surface area contributed by atoms with Crippen LogP contribution in [-0.2, 0) is 9.53 Å². The molecule has 0 unspecified atom stereocenters. The van der Waals surface area contributed by atoms with Crippen LogP contribution in [0.5, 0.6) is 0 Å². The second-order valence-electron chi connectivity index (χ2n) is 8.94. The normalized spacial score (nSPS) is 19.1. The summed E-state index contributed by atoms with van der Waals surface area (Å²) in [6, 6.07) is 20.3. The van der Waals surface area contributed by atoms with E-state index in [4.69, 9.17) is 4.74 Å². The Morgan fingerprint density at radius 1 is 0.871 bits per heavy atom. The molecule has 4 rings (SSSR count). The number of benzene rings is 2. The molecule has 0 saturated carbocycles. The van der Waals surface area contributed by atoms with Crippen molar-refractivity contribution in [3.8, 4) is 0 Å². The molecular formula is C26H35N3O2. The highest BCUT2D eigenvalue weighted by atomic mass is 16.5. The van der Waals surface area contributed by atoms with Gasteiger partial charge in [0.2, 0.25) is 5.91 Å². The Morgan fingerprint density at radius 3 is 1.97 bits per heavy atom. The molecule has 2 aliphatic rings. The van der Waals surface area contributed by atoms with Crippen LogP contribution in [0.3, 0.4) is 0 Å². The quantitative estimate of drug-likeness (QED) is 0.688. The summed E-state index contributed by atoms with van der Waals surface area (Å²) in [5.41, 5.74) is 2.15. The molecule has 0 spiro atoms. The van der Waals surface area contributed by atoms with E-state index in [1.165, 1.54) is 32.5 Å². The van der Waals surface area contributed by atoms with Crippen LogP contribution in [0.1, 0.15) is 30.1 Å². The molecule has 0 aromatic heterocycles. The number of piperazine rings is 1. The molecule has 2 heterocycles. The lowest BCUT2D eigenvalue weighted by molar-refractivity contribution is -0.139. The summed E-state index contributed by atoms with van der Waals surface area (Å²) < 4.78 is 6.18. The number of ether oxygens (including phenoxy) is 1. The minimum atomic E-state index is -0.225. The van der Waals surface area contributed by atoms with Crippen molar-refractivity contribution in [3.63, 3.8) is 0 Å². The number of amides is 1. The highest BCUT2D eigenvalue weighted by Gasteiger charge is 2.25. The molecule has 5 nitrogen and oxygen atoms in total. The molecule has 0 bridgehead atoms. The van der Waals surface area contributed by atoms with Gasteiger partial charge in [0.1, 0.15) is 12.7 Å². The van der Waals surface area contributed by atoms with Crippen LogP contribution in [0.2, 0.25) is 0 Å². The summed E-state index contributed by atoms with van der Waals surface area (Å²) in [5, 5.41) is 0. The maximum absolute atomic E-state index is 12.9. The molecular weight excluding hydrogens is 386 g/mol. The smallest absolute Gasteiger partial charge is 0.248 e. The van der Waals surface area contributed by atoms with E-state index in [-0.39, 0.29) is 18.6 Å². The Hall–Kier alpha value is -2.21. The lowest BCUT2D eigenvalue weighted by atomic mass is 9.96. The second kappa shape index (κ2) is 10.9. The average Bonchev–Trinajstić information content (AvgIpc) is 2.82. The zero-order valence-corrected chi connectivity index (χ0v) is 18.7. The number of hydrogen-bond acceptors (Lipinski definition) is 4. The molecule has 2 fully saturated rings. The zero-order chi connectivity index (χ0) is 21.5.